The average molecular weight is 328 g/mol. The number of aromatic hydroxyl groups is 1. The first-order valence-electron chi connectivity index (χ1n) is 7.70. The van der Waals surface area contributed by atoms with Crippen LogP contribution >= 0.6 is 0 Å². The zero-order valence-electron chi connectivity index (χ0n) is 13.2. The second-order valence-corrected chi connectivity index (χ2v) is 5.44. The van der Waals surface area contributed by atoms with Crippen LogP contribution < -0.4 is 10.9 Å². The minimum Gasteiger partial charge on any atom is -0.508 e. The third-order valence-corrected chi connectivity index (χ3v) is 3.66. The summed E-state index contributed by atoms with van der Waals surface area (Å²) in [5.41, 5.74) is 0.523. The van der Waals surface area contributed by atoms with Crippen LogP contribution in [0.25, 0.3) is 11.0 Å². The van der Waals surface area contributed by atoms with Gasteiger partial charge in [-0.05, 0) is 24.6 Å². The number of rotatable bonds is 5. The van der Waals surface area contributed by atoms with E-state index in [-0.39, 0.29) is 22.9 Å². The third-order valence-electron chi connectivity index (χ3n) is 3.66. The molecule has 0 radical (unpaired) electrons. The Kier molecular flexibility index (Phi) is 4.41. The number of benzene rings is 1. The molecule has 0 saturated heterocycles. The number of phenols is 1. The summed E-state index contributed by atoms with van der Waals surface area (Å²) in [5, 5.41) is 12.8. The van der Waals surface area contributed by atoms with Crippen molar-refractivity contribution in [2.24, 2.45) is 0 Å². The van der Waals surface area contributed by atoms with Crippen LogP contribution in [-0.2, 0) is 6.54 Å². The highest BCUT2D eigenvalue weighted by Gasteiger charge is 2.09. The number of pyridine rings is 1. The van der Waals surface area contributed by atoms with E-state index >= 15 is 0 Å². The van der Waals surface area contributed by atoms with E-state index in [0.717, 1.165) is 24.3 Å². The summed E-state index contributed by atoms with van der Waals surface area (Å²) in [6, 6.07) is 6.93. The summed E-state index contributed by atoms with van der Waals surface area (Å²) in [6.07, 6.45) is 3.40. The molecule has 0 bridgehead atoms. The van der Waals surface area contributed by atoms with Gasteiger partial charge in [0.2, 0.25) is 5.95 Å². The molecule has 0 aliphatic rings. The number of hydrogen-bond acceptors (Lipinski definition) is 5. The Labute approximate surface area is 137 Å². The standard InChI is InChI=1S/C17H17FN4O2/c1-2-3-8-22-15(24)7-4-11-10-19-17(21-16(11)22)20-14-6-5-12(23)9-13(14)18/h4-7,9-10,23H,2-3,8H2,1H3,(H,19,20,21). The second-order valence-electron chi connectivity index (χ2n) is 5.44. The van der Waals surface area contributed by atoms with Gasteiger partial charge in [-0.3, -0.25) is 9.36 Å². The van der Waals surface area contributed by atoms with Crippen molar-refractivity contribution in [3.8, 4) is 5.75 Å². The lowest BCUT2D eigenvalue weighted by Gasteiger charge is -2.11. The van der Waals surface area contributed by atoms with E-state index in [1.54, 1.807) is 16.8 Å². The normalized spacial score (nSPS) is 10.9. The van der Waals surface area contributed by atoms with Crippen molar-refractivity contribution >= 4 is 22.7 Å². The van der Waals surface area contributed by atoms with Crippen molar-refractivity contribution in [1.29, 1.82) is 0 Å². The molecule has 24 heavy (non-hydrogen) atoms. The predicted molar refractivity (Wildman–Crippen MR) is 90.1 cm³/mol. The Hall–Kier alpha value is -2.96. The Morgan fingerprint density at radius 3 is 2.88 bits per heavy atom. The minimum atomic E-state index is -0.616. The van der Waals surface area contributed by atoms with Crippen molar-refractivity contribution in [3.05, 3.63) is 52.7 Å². The molecule has 1 aromatic carbocycles. The van der Waals surface area contributed by atoms with E-state index in [4.69, 9.17) is 0 Å². The zero-order valence-corrected chi connectivity index (χ0v) is 13.2. The Balaban J connectivity index is 2.02. The maximum atomic E-state index is 13.8. The SMILES string of the molecule is CCCCn1c(=O)ccc2cnc(Nc3ccc(O)cc3F)nc21. The van der Waals surface area contributed by atoms with Crippen molar-refractivity contribution < 1.29 is 9.50 Å². The van der Waals surface area contributed by atoms with Crippen molar-refractivity contribution in [2.45, 2.75) is 26.3 Å². The van der Waals surface area contributed by atoms with Crippen LogP contribution in [0.2, 0.25) is 0 Å². The van der Waals surface area contributed by atoms with Crippen LogP contribution in [0.5, 0.6) is 5.75 Å². The van der Waals surface area contributed by atoms with Gasteiger partial charge in [-0.2, -0.15) is 4.98 Å². The molecule has 0 amide bonds. The number of phenolic OH excluding ortho intramolecular Hbond substituents is 1. The lowest BCUT2D eigenvalue weighted by Crippen LogP contribution is -2.20. The number of unbranched alkanes of at least 4 members (excludes halogenated alkanes) is 1. The van der Waals surface area contributed by atoms with E-state index < -0.39 is 5.82 Å². The molecule has 0 aliphatic heterocycles. The van der Waals surface area contributed by atoms with Gasteiger partial charge in [-0.1, -0.05) is 13.3 Å². The van der Waals surface area contributed by atoms with Gasteiger partial charge in [0, 0.05) is 30.3 Å². The second kappa shape index (κ2) is 6.66. The van der Waals surface area contributed by atoms with Gasteiger partial charge in [0.25, 0.3) is 5.56 Å². The van der Waals surface area contributed by atoms with Gasteiger partial charge in [0.15, 0.2) is 0 Å². The van der Waals surface area contributed by atoms with E-state index in [2.05, 4.69) is 15.3 Å². The van der Waals surface area contributed by atoms with Crippen LogP contribution in [0.1, 0.15) is 19.8 Å². The van der Waals surface area contributed by atoms with Gasteiger partial charge in [0.1, 0.15) is 17.2 Å². The molecular formula is C17H17FN4O2. The predicted octanol–water partition coefficient (Wildman–Crippen LogP) is 3.18. The number of nitrogens with one attached hydrogen (secondary N) is 1. The maximum absolute atomic E-state index is 13.8. The molecule has 0 aliphatic carbocycles. The lowest BCUT2D eigenvalue weighted by molar-refractivity contribution is 0.469. The summed E-state index contributed by atoms with van der Waals surface area (Å²) in [7, 11) is 0. The molecule has 3 rings (SSSR count). The Morgan fingerprint density at radius 2 is 2.12 bits per heavy atom. The van der Waals surface area contributed by atoms with Crippen LogP contribution in [0.4, 0.5) is 16.0 Å². The maximum Gasteiger partial charge on any atom is 0.252 e. The number of aryl methyl sites for hydroxylation is 1. The van der Waals surface area contributed by atoms with Crippen molar-refractivity contribution in [2.75, 3.05) is 5.32 Å². The van der Waals surface area contributed by atoms with Gasteiger partial charge in [-0.15, -0.1) is 0 Å². The number of nitrogens with zero attached hydrogens (tertiary/aromatic N) is 3. The van der Waals surface area contributed by atoms with Crippen LogP contribution in [0.15, 0.2) is 41.3 Å². The largest absolute Gasteiger partial charge is 0.508 e. The molecular weight excluding hydrogens is 311 g/mol. The number of anilines is 2. The first-order chi connectivity index (χ1) is 11.6. The highest BCUT2D eigenvalue weighted by molar-refractivity contribution is 5.75. The molecule has 6 nitrogen and oxygen atoms in total. The molecule has 7 heteroatoms. The Morgan fingerprint density at radius 1 is 1.29 bits per heavy atom. The zero-order chi connectivity index (χ0) is 17.1. The summed E-state index contributed by atoms with van der Waals surface area (Å²) >= 11 is 0. The fraction of sp³-hybridized carbons (Fsp3) is 0.235. The van der Waals surface area contributed by atoms with Crippen LogP contribution in [0, 0.1) is 5.82 Å². The van der Waals surface area contributed by atoms with Crippen molar-refractivity contribution in [1.82, 2.24) is 14.5 Å². The molecule has 3 aromatic rings. The van der Waals surface area contributed by atoms with Gasteiger partial charge in [-0.25, -0.2) is 9.37 Å². The third kappa shape index (κ3) is 3.19. The number of fused-ring (bicyclic) bond motifs is 1. The summed E-state index contributed by atoms with van der Waals surface area (Å²) in [6.45, 7) is 2.61. The molecule has 0 fully saturated rings. The minimum absolute atomic E-state index is 0.128. The van der Waals surface area contributed by atoms with Crippen LogP contribution in [-0.4, -0.2) is 19.6 Å². The first-order valence-corrected chi connectivity index (χ1v) is 7.70. The molecule has 2 aromatic heterocycles. The number of aromatic nitrogens is 3. The topological polar surface area (TPSA) is 80.0 Å². The van der Waals surface area contributed by atoms with Gasteiger partial charge < -0.3 is 10.4 Å². The summed E-state index contributed by atoms with van der Waals surface area (Å²) in [4.78, 5) is 20.6. The van der Waals surface area contributed by atoms with Gasteiger partial charge >= 0.3 is 0 Å². The monoisotopic (exact) mass is 328 g/mol. The summed E-state index contributed by atoms with van der Waals surface area (Å²) in [5.74, 6) is -0.594. The van der Waals surface area contributed by atoms with Crippen molar-refractivity contribution in [3.63, 3.8) is 0 Å². The highest BCUT2D eigenvalue weighted by Crippen LogP contribution is 2.22. The van der Waals surface area contributed by atoms with E-state index in [0.29, 0.717) is 12.2 Å². The van der Waals surface area contributed by atoms with E-state index in [9.17, 15) is 14.3 Å². The van der Waals surface area contributed by atoms with Gasteiger partial charge in [0.05, 0.1) is 5.69 Å². The Bertz CT molecular complexity index is 940. The quantitative estimate of drug-likeness (QED) is 0.703. The molecule has 0 atom stereocenters. The molecule has 124 valence electrons. The first kappa shape index (κ1) is 15.9. The molecule has 0 unspecified atom stereocenters. The molecule has 0 spiro atoms. The van der Waals surface area contributed by atoms with E-state index in [1.165, 1.54) is 18.2 Å². The lowest BCUT2D eigenvalue weighted by atomic mass is 10.3. The highest BCUT2D eigenvalue weighted by atomic mass is 19.1. The molecule has 2 N–H and O–H groups in total. The number of halogens is 1. The fourth-order valence-corrected chi connectivity index (χ4v) is 2.39. The molecule has 2 heterocycles. The smallest absolute Gasteiger partial charge is 0.252 e. The average Bonchev–Trinajstić information content (AvgIpc) is 2.56. The van der Waals surface area contributed by atoms with Crippen LogP contribution in [0.3, 0.4) is 0 Å². The summed E-state index contributed by atoms with van der Waals surface area (Å²) < 4.78 is 15.4. The van der Waals surface area contributed by atoms with E-state index in [1.807, 2.05) is 6.92 Å². The fourth-order valence-electron chi connectivity index (χ4n) is 2.39. The number of hydrogen-bond donors (Lipinski definition) is 2. The molecule has 0 saturated carbocycles.